The molecule has 1 aliphatic heterocycles. The molecule has 1 saturated heterocycles. The van der Waals surface area contributed by atoms with Gasteiger partial charge in [-0.05, 0) is 44.0 Å². The van der Waals surface area contributed by atoms with Crippen molar-refractivity contribution in [1.29, 1.82) is 5.26 Å². The largest absolute Gasteiger partial charge is 0.356 e. The van der Waals surface area contributed by atoms with E-state index in [-0.39, 0.29) is 16.7 Å². The Balaban J connectivity index is 2.06. The Morgan fingerprint density at radius 1 is 1.32 bits per heavy atom. The van der Waals surface area contributed by atoms with Crippen molar-refractivity contribution in [3.63, 3.8) is 0 Å². The summed E-state index contributed by atoms with van der Waals surface area (Å²) in [5, 5.41) is 11.5. The van der Waals surface area contributed by atoms with Crippen LogP contribution in [0.2, 0.25) is 0 Å². The molecule has 1 heterocycles. The summed E-state index contributed by atoms with van der Waals surface area (Å²) in [7, 11) is -3.56. The molecule has 0 aromatic heterocycles. The fourth-order valence-electron chi connectivity index (χ4n) is 2.53. The lowest BCUT2D eigenvalue weighted by atomic mass is 9.97. The SMILES string of the molecule is CCNC(=O)C1CCN(S(=O)(=O)c2ccc(C#N)cc2)CC1. The van der Waals surface area contributed by atoms with Gasteiger partial charge >= 0.3 is 0 Å². The summed E-state index contributed by atoms with van der Waals surface area (Å²) in [6.07, 6.45) is 1.06. The van der Waals surface area contributed by atoms with Gasteiger partial charge in [-0.3, -0.25) is 4.79 Å². The lowest BCUT2D eigenvalue weighted by Crippen LogP contribution is -2.42. The van der Waals surface area contributed by atoms with E-state index in [9.17, 15) is 13.2 Å². The van der Waals surface area contributed by atoms with Crippen LogP contribution in [0.5, 0.6) is 0 Å². The average molecular weight is 321 g/mol. The second kappa shape index (κ2) is 6.90. The smallest absolute Gasteiger partial charge is 0.243 e. The van der Waals surface area contributed by atoms with Crippen LogP contribution in [0.25, 0.3) is 0 Å². The van der Waals surface area contributed by atoms with E-state index in [1.54, 1.807) is 0 Å². The first-order chi connectivity index (χ1) is 10.5. The van der Waals surface area contributed by atoms with Gasteiger partial charge in [-0.15, -0.1) is 0 Å². The molecule has 0 bridgehead atoms. The van der Waals surface area contributed by atoms with Crippen LogP contribution in [0.4, 0.5) is 0 Å². The Morgan fingerprint density at radius 3 is 2.41 bits per heavy atom. The van der Waals surface area contributed by atoms with Crippen molar-refractivity contribution in [1.82, 2.24) is 9.62 Å². The molecule has 0 aliphatic carbocycles. The predicted molar refractivity (Wildman–Crippen MR) is 81.3 cm³/mol. The van der Waals surface area contributed by atoms with Crippen molar-refractivity contribution in [2.75, 3.05) is 19.6 Å². The number of nitrogens with zero attached hydrogens (tertiary/aromatic N) is 2. The van der Waals surface area contributed by atoms with Gasteiger partial charge in [0.2, 0.25) is 15.9 Å². The second-order valence-corrected chi connectivity index (χ2v) is 7.15. The van der Waals surface area contributed by atoms with Crippen molar-refractivity contribution in [3.8, 4) is 6.07 Å². The van der Waals surface area contributed by atoms with Crippen molar-refractivity contribution in [2.45, 2.75) is 24.7 Å². The van der Waals surface area contributed by atoms with Crippen molar-refractivity contribution in [3.05, 3.63) is 29.8 Å². The quantitative estimate of drug-likeness (QED) is 0.899. The highest BCUT2D eigenvalue weighted by Crippen LogP contribution is 2.24. The Hall–Kier alpha value is -1.91. The third-order valence-corrected chi connectivity index (χ3v) is 5.71. The topological polar surface area (TPSA) is 90.3 Å². The Labute approximate surface area is 130 Å². The van der Waals surface area contributed by atoms with Gasteiger partial charge in [-0.1, -0.05) is 0 Å². The highest BCUT2D eigenvalue weighted by molar-refractivity contribution is 7.89. The van der Waals surface area contributed by atoms with Crippen LogP contribution in [0.1, 0.15) is 25.3 Å². The summed E-state index contributed by atoms with van der Waals surface area (Å²) in [4.78, 5) is 12.0. The third-order valence-electron chi connectivity index (χ3n) is 3.80. The van der Waals surface area contributed by atoms with E-state index >= 15 is 0 Å². The van der Waals surface area contributed by atoms with E-state index in [1.807, 2.05) is 13.0 Å². The van der Waals surface area contributed by atoms with E-state index in [2.05, 4.69) is 5.32 Å². The molecule has 2 rings (SSSR count). The molecule has 22 heavy (non-hydrogen) atoms. The standard InChI is InChI=1S/C15H19N3O3S/c1-2-17-15(19)13-7-9-18(10-8-13)22(20,21)14-5-3-12(11-16)4-6-14/h3-6,13H,2,7-10H2,1H3,(H,17,19). The lowest BCUT2D eigenvalue weighted by Gasteiger charge is -2.30. The minimum Gasteiger partial charge on any atom is -0.356 e. The number of rotatable bonds is 4. The van der Waals surface area contributed by atoms with Crippen LogP contribution in [0.3, 0.4) is 0 Å². The number of benzene rings is 1. The van der Waals surface area contributed by atoms with E-state index in [0.29, 0.717) is 38.0 Å². The lowest BCUT2D eigenvalue weighted by molar-refractivity contribution is -0.126. The van der Waals surface area contributed by atoms with Gasteiger partial charge in [0.25, 0.3) is 0 Å². The molecule has 1 amide bonds. The molecule has 0 atom stereocenters. The molecule has 0 unspecified atom stereocenters. The van der Waals surface area contributed by atoms with Crippen molar-refractivity contribution < 1.29 is 13.2 Å². The third kappa shape index (κ3) is 3.46. The molecule has 7 heteroatoms. The molecule has 1 N–H and O–H groups in total. The van der Waals surface area contributed by atoms with Gasteiger partial charge < -0.3 is 5.32 Å². The zero-order valence-electron chi connectivity index (χ0n) is 12.4. The van der Waals surface area contributed by atoms with Crippen molar-refractivity contribution >= 4 is 15.9 Å². The maximum atomic E-state index is 12.5. The molecule has 0 spiro atoms. The summed E-state index contributed by atoms with van der Waals surface area (Å²) in [5.74, 6) is -0.120. The first kappa shape index (κ1) is 16.5. The fourth-order valence-corrected chi connectivity index (χ4v) is 4.00. The zero-order valence-corrected chi connectivity index (χ0v) is 13.3. The van der Waals surface area contributed by atoms with E-state index in [0.717, 1.165) is 0 Å². The number of sulfonamides is 1. The fraction of sp³-hybridized carbons (Fsp3) is 0.467. The molecule has 1 aliphatic rings. The van der Waals surface area contributed by atoms with Gasteiger partial charge in [-0.25, -0.2) is 8.42 Å². The Kier molecular flexibility index (Phi) is 5.16. The summed E-state index contributed by atoms with van der Waals surface area (Å²) in [5.41, 5.74) is 0.425. The van der Waals surface area contributed by atoms with Crippen molar-refractivity contribution in [2.24, 2.45) is 5.92 Å². The maximum absolute atomic E-state index is 12.5. The molecule has 0 radical (unpaired) electrons. The average Bonchev–Trinajstić information content (AvgIpc) is 2.55. The maximum Gasteiger partial charge on any atom is 0.243 e. The van der Waals surface area contributed by atoms with Gasteiger partial charge in [0.05, 0.1) is 16.5 Å². The number of piperidine rings is 1. The van der Waals surface area contributed by atoms with Crippen LogP contribution >= 0.6 is 0 Å². The Bertz CT molecular complexity index is 669. The van der Waals surface area contributed by atoms with Crippen LogP contribution in [0, 0.1) is 17.2 Å². The van der Waals surface area contributed by atoms with Gasteiger partial charge in [-0.2, -0.15) is 9.57 Å². The molecule has 1 aromatic rings. The highest BCUT2D eigenvalue weighted by Gasteiger charge is 2.31. The number of nitrogens with one attached hydrogen (secondary N) is 1. The monoisotopic (exact) mass is 321 g/mol. The van der Waals surface area contributed by atoms with Crippen LogP contribution in [-0.2, 0) is 14.8 Å². The zero-order chi connectivity index (χ0) is 16.2. The minimum absolute atomic E-state index is 0.00192. The second-order valence-electron chi connectivity index (χ2n) is 5.21. The van der Waals surface area contributed by atoms with Gasteiger partial charge in [0.1, 0.15) is 0 Å². The minimum atomic E-state index is -3.56. The molecule has 118 valence electrons. The summed E-state index contributed by atoms with van der Waals surface area (Å²) in [6, 6.07) is 7.85. The number of amides is 1. The predicted octanol–water partition coefficient (Wildman–Crippen LogP) is 1.10. The number of hydrogen-bond donors (Lipinski definition) is 1. The van der Waals surface area contributed by atoms with E-state index in [4.69, 9.17) is 5.26 Å². The molecule has 0 saturated carbocycles. The van der Waals surface area contributed by atoms with Gasteiger partial charge in [0.15, 0.2) is 0 Å². The number of hydrogen-bond acceptors (Lipinski definition) is 4. The van der Waals surface area contributed by atoms with E-state index < -0.39 is 10.0 Å². The molecular formula is C15H19N3O3S. The molecule has 6 nitrogen and oxygen atoms in total. The summed E-state index contributed by atoms with van der Waals surface area (Å²) < 4.78 is 26.5. The molecular weight excluding hydrogens is 302 g/mol. The van der Waals surface area contributed by atoms with Crippen LogP contribution in [0.15, 0.2) is 29.2 Å². The summed E-state index contributed by atoms with van der Waals surface area (Å²) in [6.45, 7) is 3.12. The van der Waals surface area contributed by atoms with E-state index in [1.165, 1.54) is 28.6 Å². The van der Waals surface area contributed by atoms with Crippen LogP contribution < -0.4 is 5.32 Å². The molecule has 1 aromatic carbocycles. The number of carbonyl (C=O) groups excluding carboxylic acids is 1. The molecule has 1 fully saturated rings. The highest BCUT2D eigenvalue weighted by atomic mass is 32.2. The first-order valence-corrected chi connectivity index (χ1v) is 8.71. The van der Waals surface area contributed by atoms with Gasteiger partial charge in [0, 0.05) is 25.6 Å². The summed E-state index contributed by atoms with van der Waals surface area (Å²) >= 11 is 0. The number of carbonyl (C=O) groups is 1. The number of nitriles is 1. The Morgan fingerprint density at radius 2 is 1.91 bits per heavy atom. The van der Waals surface area contributed by atoms with Crippen LogP contribution in [-0.4, -0.2) is 38.3 Å². The normalized spacial score (nSPS) is 16.9. The first-order valence-electron chi connectivity index (χ1n) is 7.27.